The van der Waals surface area contributed by atoms with Crippen LogP contribution in [0.4, 0.5) is 0 Å². The van der Waals surface area contributed by atoms with Crippen LogP contribution in [0.3, 0.4) is 0 Å². The molecule has 3 atom stereocenters. The van der Waals surface area contributed by atoms with Gasteiger partial charge in [-0.15, -0.1) is 0 Å². The van der Waals surface area contributed by atoms with Crippen molar-refractivity contribution in [2.75, 3.05) is 0 Å². The molecule has 0 aliphatic heterocycles. The lowest BCUT2D eigenvalue weighted by Crippen LogP contribution is -2.54. The molecule has 3 saturated carbocycles. The quantitative estimate of drug-likeness (QED) is 0.713. The molecule has 2 amide bonds. The minimum absolute atomic E-state index is 0.0776. The van der Waals surface area contributed by atoms with Gasteiger partial charge in [-0.1, -0.05) is 25.7 Å². The molecule has 5 nitrogen and oxygen atoms in total. The number of nitrogens with one attached hydrogen (secondary N) is 2. The summed E-state index contributed by atoms with van der Waals surface area (Å²) >= 11 is 0. The highest BCUT2D eigenvalue weighted by Crippen LogP contribution is 2.39. The molecular formula is C20H35N3O2. The van der Waals surface area contributed by atoms with Gasteiger partial charge in [0.1, 0.15) is 0 Å². The Bertz CT molecular complexity index is 462. The van der Waals surface area contributed by atoms with Gasteiger partial charge in [0.05, 0.1) is 0 Å². The predicted octanol–water partition coefficient (Wildman–Crippen LogP) is 2.48. The third-order valence-corrected chi connectivity index (χ3v) is 6.56. The third-order valence-electron chi connectivity index (χ3n) is 6.56. The maximum Gasteiger partial charge on any atom is 0.223 e. The fourth-order valence-electron chi connectivity index (χ4n) is 5.32. The van der Waals surface area contributed by atoms with Gasteiger partial charge in [-0.05, 0) is 57.3 Å². The number of amides is 2. The first kappa shape index (κ1) is 18.7. The van der Waals surface area contributed by atoms with Gasteiger partial charge >= 0.3 is 0 Å². The van der Waals surface area contributed by atoms with Crippen molar-refractivity contribution in [3.8, 4) is 0 Å². The fraction of sp³-hybridized carbons (Fsp3) is 0.900. The van der Waals surface area contributed by atoms with Crippen LogP contribution in [-0.4, -0.2) is 29.9 Å². The summed E-state index contributed by atoms with van der Waals surface area (Å²) in [7, 11) is 0. The molecule has 0 spiro atoms. The van der Waals surface area contributed by atoms with Crippen molar-refractivity contribution in [1.82, 2.24) is 10.6 Å². The average molecular weight is 350 g/mol. The molecule has 142 valence electrons. The van der Waals surface area contributed by atoms with Crippen molar-refractivity contribution < 1.29 is 9.59 Å². The van der Waals surface area contributed by atoms with Gasteiger partial charge in [0.15, 0.2) is 0 Å². The Morgan fingerprint density at radius 2 is 1.64 bits per heavy atom. The molecule has 3 unspecified atom stereocenters. The van der Waals surface area contributed by atoms with E-state index in [1.165, 1.54) is 25.7 Å². The number of carbonyl (C=O) groups excluding carboxylic acids is 2. The number of carbonyl (C=O) groups is 2. The van der Waals surface area contributed by atoms with Crippen LogP contribution < -0.4 is 16.4 Å². The zero-order valence-corrected chi connectivity index (χ0v) is 15.6. The normalized spacial score (nSPS) is 34.2. The first-order valence-electron chi connectivity index (χ1n) is 10.4. The Hall–Kier alpha value is -1.10. The van der Waals surface area contributed by atoms with E-state index in [1.807, 2.05) is 6.92 Å². The summed E-state index contributed by atoms with van der Waals surface area (Å²) in [6.45, 7) is 1.94. The Balaban J connectivity index is 1.44. The van der Waals surface area contributed by atoms with E-state index in [1.54, 1.807) is 0 Å². The second-order valence-electron chi connectivity index (χ2n) is 8.72. The Morgan fingerprint density at radius 1 is 1.00 bits per heavy atom. The van der Waals surface area contributed by atoms with Crippen LogP contribution in [0.5, 0.6) is 0 Å². The minimum Gasteiger partial charge on any atom is -0.353 e. The van der Waals surface area contributed by atoms with E-state index < -0.39 is 0 Å². The van der Waals surface area contributed by atoms with Crippen molar-refractivity contribution in [3.63, 3.8) is 0 Å². The van der Waals surface area contributed by atoms with Crippen LogP contribution >= 0.6 is 0 Å². The lowest BCUT2D eigenvalue weighted by Gasteiger charge is -2.45. The highest BCUT2D eigenvalue weighted by atomic mass is 16.2. The van der Waals surface area contributed by atoms with E-state index in [2.05, 4.69) is 10.6 Å². The lowest BCUT2D eigenvalue weighted by molar-refractivity contribution is -0.127. The zero-order valence-electron chi connectivity index (χ0n) is 15.6. The molecule has 0 saturated heterocycles. The molecule has 2 bridgehead atoms. The summed E-state index contributed by atoms with van der Waals surface area (Å²) < 4.78 is 0. The molecule has 3 aliphatic carbocycles. The monoisotopic (exact) mass is 349 g/mol. The van der Waals surface area contributed by atoms with Crippen LogP contribution in [0.1, 0.15) is 77.6 Å². The van der Waals surface area contributed by atoms with E-state index in [9.17, 15) is 9.59 Å². The third kappa shape index (κ3) is 4.96. The summed E-state index contributed by atoms with van der Waals surface area (Å²) in [6, 6.07) is 0.500. The van der Waals surface area contributed by atoms with Gasteiger partial charge in [-0.25, -0.2) is 0 Å². The fourth-order valence-corrected chi connectivity index (χ4v) is 5.32. The summed E-state index contributed by atoms with van der Waals surface area (Å²) in [5, 5.41) is 6.33. The maximum absolute atomic E-state index is 12.5. The molecular weight excluding hydrogens is 314 g/mol. The van der Waals surface area contributed by atoms with Crippen LogP contribution in [0, 0.1) is 17.8 Å². The number of fused-ring (bicyclic) bond motifs is 2. The number of hydrogen-bond donors (Lipinski definition) is 3. The van der Waals surface area contributed by atoms with E-state index in [-0.39, 0.29) is 23.8 Å². The Kier molecular flexibility index (Phi) is 6.37. The first-order valence-corrected chi connectivity index (χ1v) is 10.4. The molecule has 5 heteroatoms. The van der Waals surface area contributed by atoms with E-state index in [0.717, 1.165) is 38.5 Å². The topological polar surface area (TPSA) is 84.2 Å². The van der Waals surface area contributed by atoms with Gasteiger partial charge in [0.2, 0.25) is 11.8 Å². The molecule has 0 aromatic rings. The van der Waals surface area contributed by atoms with Gasteiger partial charge < -0.3 is 16.4 Å². The molecule has 0 heterocycles. The van der Waals surface area contributed by atoms with Crippen molar-refractivity contribution in [3.05, 3.63) is 0 Å². The van der Waals surface area contributed by atoms with E-state index >= 15 is 0 Å². The molecule has 4 N–H and O–H groups in total. The second-order valence-corrected chi connectivity index (χ2v) is 8.72. The highest BCUT2D eigenvalue weighted by molar-refractivity contribution is 5.81. The van der Waals surface area contributed by atoms with E-state index in [0.29, 0.717) is 30.3 Å². The van der Waals surface area contributed by atoms with Gasteiger partial charge in [0, 0.05) is 30.5 Å². The lowest BCUT2D eigenvalue weighted by atomic mass is 9.67. The average Bonchev–Trinajstić information content (AvgIpc) is 2.56. The standard InChI is InChI=1S/C20H35N3O2/c1-13(22-20(25)14-6-3-2-4-7-14)10-18(24)23-19-15-8-5-9-16(19)12-17(21)11-15/h13-17,19H,2-12,21H2,1H3,(H,22,25)(H,23,24). The molecule has 0 radical (unpaired) electrons. The number of nitrogens with two attached hydrogens (primary N) is 1. The highest BCUT2D eigenvalue weighted by Gasteiger charge is 2.39. The molecule has 0 aromatic carbocycles. The summed E-state index contributed by atoms with van der Waals surface area (Å²) in [5.41, 5.74) is 6.16. The summed E-state index contributed by atoms with van der Waals surface area (Å²) in [6.07, 6.45) is 11.6. The van der Waals surface area contributed by atoms with E-state index in [4.69, 9.17) is 5.73 Å². The SMILES string of the molecule is CC(CC(=O)NC1C2CCCC1CC(N)C2)NC(=O)C1CCCCC1. The largest absolute Gasteiger partial charge is 0.353 e. The smallest absolute Gasteiger partial charge is 0.223 e. The van der Waals surface area contributed by atoms with Crippen LogP contribution in [-0.2, 0) is 9.59 Å². The van der Waals surface area contributed by atoms with Gasteiger partial charge in [0.25, 0.3) is 0 Å². The zero-order chi connectivity index (χ0) is 17.8. The molecule has 0 aromatic heterocycles. The first-order chi connectivity index (χ1) is 12.0. The number of rotatable bonds is 5. The molecule has 3 rings (SSSR count). The van der Waals surface area contributed by atoms with Crippen LogP contribution in [0.25, 0.3) is 0 Å². The van der Waals surface area contributed by atoms with Crippen LogP contribution in [0.15, 0.2) is 0 Å². The predicted molar refractivity (Wildman–Crippen MR) is 98.8 cm³/mol. The van der Waals surface area contributed by atoms with Crippen molar-refractivity contribution in [1.29, 1.82) is 0 Å². The van der Waals surface area contributed by atoms with Crippen molar-refractivity contribution in [2.24, 2.45) is 23.5 Å². The Labute approximate surface area is 151 Å². The number of hydrogen-bond acceptors (Lipinski definition) is 3. The van der Waals surface area contributed by atoms with Crippen molar-refractivity contribution >= 4 is 11.8 Å². The van der Waals surface area contributed by atoms with Crippen molar-refractivity contribution in [2.45, 2.75) is 95.7 Å². The molecule has 25 heavy (non-hydrogen) atoms. The van der Waals surface area contributed by atoms with Gasteiger partial charge in [-0.3, -0.25) is 9.59 Å². The van der Waals surface area contributed by atoms with Crippen LogP contribution in [0.2, 0.25) is 0 Å². The summed E-state index contributed by atoms with van der Waals surface area (Å²) in [4.78, 5) is 24.8. The summed E-state index contributed by atoms with van der Waals surface area (Å²) in [5.74, 6) is 1.45. The Morgan fingerprint density at radius 3 is 2.28 bits per heavy atom. The maximum atomic E-state index is 12.5. The molecule has 3 aliphatic rings. The molecule has 3 fully saturated rings. The van der Waals surface area contributed by atoms with Gasteiger partial charge in [-0.2, -0.15) is 0 Å². The second kappa shape index (κ2) is 8.52. The minimum atomic E-state index is -0.0971.